The minimum Gasteiger partial charge on any atom is -0.377 e. The summed E-state index contributed by atoms with van der Waals surface area (Å²) in [5, 5.41) is 0. The molecule has 1 saturated heterocycles. The lowest BCUT2D eigenvalue weighted by Crippen LogP contribution is -2.44. The number of hydrogen-bond donors (Lipinski definition) is 0. The predicted octanol–water partition coefficient (Wildman–Crippen LogP) is 1.25. The van der Waals surface area contributed by atoms with E-state index in [9.17, 15) is 9.18 Å². The van der Waals surface area contributed by atoms with E-state index in [0.29, 0.717) is 37.5 Å². The van der Waals surface area contributed by atoms with Gasteiger partial charge < -0.3 is 14.5 Å². The van der Waals surface area contributed by atoms with E-state index in [-0.39, 0.29) is 11.6 Å². The highest BCUT2D eigenvalue weighted by Gasteiger charge is 2.31. The monoisotopic (exact) mass is 279 g/mol. The van der Waals surface area contributed by atoms with E-state index in [1.165, 1.54) is 0 Å². The standard InChI is InChI=1S/C14H18FN3O2/c1-9-8-20-6-5-18(9)14-10-3-4-17(2)12(10)11(7-19)13(15)16-14/h7,9H,3-6,8H2,1-2H3/t9-/m1/s1. The lowest BCUT2D eigenvalue weighted by molar-refractivity contribution is 0.0983. The number of aldehydes is 1. The Labute approximate surface area is 117 Å². The summed E-state index contributed by atoms with van der Waals surface area (Å²) in [5.41, 5.74) is 1.75. The van der Waals surface area contributed by atoms with Gasteiger partial charge in [-0.05, 0) is 13.3 Å². The SMILES string of the molecule is C[C@@H]1COCCN1c1nc(F)c(C=O)c2c1CCN2C. The number of likely N-dealkylation sites (N-methyl/N-ethyl adjacent to an activating group) is 1. The number of anilines is 2. The van der Waals surface area contributed by atoms with E-state index < -0.39 is 5.95 Å². The van der Waals surface area contributed by atoms with Crippen molar-refractivity contribution >= 4 is 17.8 Å². The molecule has 0 N–H and O–H groups in total. The Morgan fingerprint density at radius 3 is 2.95 bits per heavy atom. The van der Waals surface area contributed by atoms with E-state index in [2.05, 4.69) is 9.88 Å². The molecule has 0 bridgehead atoms. The summed E-state index contributed by atoms with van der Waals surface area (Å²) in [5.74, 6) is -0.00978. The molecular formula is C14H18FN3O2. The molecule has 1 fully saturated rings. The van der Waals surface area contributed by atoms with E-state index in [1.54, 1.807) is 0 Å². The zero-order valence-electron chi connectivity index (χ0n) is 11.7. The van der Waals surface area contributed by atoms with Crippen LogP contribution in [0.15, 0.2) is 0 Å². The van der Waals surface area contributed by atoms with Gasteiger partial charge in [-0.15, -0.1) is 0 Å². The maximum atomic E-state index is 14.1. The Kier molecular flexibility index (Phi) is 3.33. The molecular weight excluding hydrogens is 261 g/mol. The maximum Gasteiger partial charge on any atom is 0.227 e. The van der Waals surface area contributed by atoms with Crippen molar-refractivity contribution in [2.45, 2.75) is 19.4 Å². The average Bonchev–Trinajstić information content (AvgIpc) is 2.81. The van der Waals surface area contributed by atoms with Gasteiger partial charge in [-0.3, -0.25) is 4.79 Å². The maximum absolute atomic E-state index is 14.1. The minimum absolute atomic E-state index is 0.0738. The summed E-state index contributed by atoms with van der Waals surface area (Å²) in [4.78, 5) is 19.2. The molecule has 108 valence electrons. The summed E-state index contributed by atoms with van der Waals surface area (Å²) in [7, 11) is 1.88. The molecule has 0 amide bonds. The third-order valence-corrected chi connectivity index (χ3v) is 4.07. The Bertz CT molecular complexity index is 550. The number of rotatable bonds is 2. The highest BCUT2D eigenvalue weighted by atomic mass is 19.1. The van der Waals surface area contributed by atoms with Crippen molar-refractivity contribution < 1.29 is 13.9 Å². The molecule has 20 heavy (non-hydrogen) atoms. The molecule has 0 aliphatic carbocycles. The fraction of sp³-hybridized carbons (Fsp3) is 0.571. The fourth-order valence-corrected chi connectivity index (χ4v) is 3.03. The highest BCUT2D eigenvalue weighted by molar-refractivity contribution is 5.89. The third kappa shape index (κ3) is 1.95. The van der Waals surface area contributed by atoms with Gasteiger partial charge in [0.25, 0.3) is 0 Å². The second-order valence-corrected chi connectivity index (χ2v) is 5.37. The molecule has 6 heteroatoms. The van der Waals surface area contributed by atoms with Gasteiger partial charge in [0.05, 0.1) is 30.5 Å². The third-order valence-electron chi connectivity index (χ3n) is 4.07. The van der Waals surface area contributed by atoms with Gasteiger partial charge in [0, 0.05) is 25.7 Å². The van der Waals surface area contributed by atoms with Crippen LogP contribution in [0.1, 0.15) is 22.8 Å². The second-order valence-electron chi connectivity index (χ2n) is 5.37. The van der Waals surface area contributed by atoms with Crippen molar-refractivity contribution in [3.05, 3.63) is 17.1 Å². The van der Waals surface area contributed by atoms with Crippen LogP contribution in [-0.2, 0) is 11.2 Å². The number of hydrogen-bond acceptors (Lipinski definition) is 5. The van der Waals surface area contributed by atoms with E-state index >= 15 is 0 Å². The van der Waals surface area contributed by atoms with Crippen molar-refractivity contribution in [2.75, 3.05) is 43.2 Å². The van der Waals surface area contributed by atoms with E-state index in [1.807, 2.05) is 18.9 Å². The average molecular weight is 279 g/mol. The number of aromatic nitrogens is 1. The van der Waals surface area contributed by atoms with Crippen molar-refractivity contribution in [1.82, 2.24) is 4.98 Å². The minimum atomic E-state index is -0.679. The summed E-state index contributed by atoms with van der Waals surface area (Å²) in [6.45, 7) is 4.76. The Balaban J connectivity index is 2.13. The van der Waals surface area contributed by atoms with Crippen LogP contribution >= 0.6 is 0 Å². The first kappa shape index (κ1) is 13.3. The highest BCUT2D eigenvalue weighted by Crippen LogP contribution is 2.37. The summed E-state index contributed by atoms with van der Waals surface area (Å²) < 4.78 is 19.6. The first-order valence-electron chi connectivity index (χ1n) is 6.86. The normalized spacial score (nSPS) is 22.1. The second kappa shape index (κ2) is 5.01. The molecule has 0 aromatic carbocycles. The number of nitrogens with zero attached hydrogens (tertiary/aromatic N) is 3. The molecule has 0 radical (unpaired) electrons. The van der Waals surface area contributed by atoms with Crippen molar-refractivity contribution in [3.63, 3.8) is 0 Å². The molecule has 3 rings (SSSR count). The number of pyridine rings is 1. The predicted molar refractivity (Wildman–Crippen MR) is 74.2 cm³/mol. The summed E-state index contributed by atoms with van der Waals surface area (Å²) in [6.07, 6.45) is 1.36. The lowest BCUT2D eigenvalue weighted by atomic mass is 10.1. The molecule has 0 saturated carbocycles. The Morgan fingerprint density at radius 2 is 2.25 bits per heavy atom. The molecule has 3 heterocycles. The number of halogens is 1. The summed E-state index contributed by atoms with van der Waals surface area (Å²) >= 11 is 0. The molecule has 0 spiro atoms. The molecule has 2 aliphatic heterocycles. The molecule has 1 atom stereocenters. The van der Waals surface area contributed by atoms with Crippen molar-refractivity contribution in [3.8, 4) is 0 Å². The number of ether oxygens (including phenoxy) is 1. The molecule has 0 unspecified atom stereocenters. The van der Waals surface area contributed by atoms with Crippen LogP contribution < -0.4 is 9.80 Å². The molecule has 1 aromatic heterocycles. The van der Waals surface area contributed by atoms with Gasteiger partial charge in [0.2, 0.25) is 5.95 Å². The van der Waals surface area contributed by atoms with Gasteiger partial charge in [0.1, 0.15) is 5.82 Å². The number of carbonyl (C=O) groups is 1. The van der Waals surface area contributed by atoms with Gasteiger partial charge in [-0.1, -0.05) is 0 Å². The van der Waals surface area contributed by atoms with Crippen LogP contribution in [-0.4, -0.2) is 50.7 Å². The fourth-order valence-electron chi connectivity index (χ4n) is 3.03. The van der Waals surface area contributed by atoms with Crippen LogP contribution in [0.4, 0.5) is 15.9 Å². The smallest absolute Gasteiger partial charge is 0.227 e. The van der Waals surface area contributed by atoms with Gasteiger partial charge in [0.15, 0.2) is 6.29 Å². The molecule has 5 nitrogen and oxygen atoms in total. The zero-order chi connectivity index (χ0) is 14.3. The van der Waals surface area contributed by atoms with Crippen LogP contribution in [0.25, 0.3) is 0 Å². The van der Waals surface area contributed by atoms with Crippen LogP contribution in [0.3, 0.4) is 0 Å². The van der Waals surface area contributed by atoms with Crippen LogP contribution in [0, 0.1) is 5.95 Å². The number of morpholine rings is 1. The number of carbonyl (C=O) groups excluding carboxylic acids is 1. The first-order chi connectivity index (χ1) is 9.63. The van der Waals surface area contributed by atoms with Gasteiger partial charge in [-0.25, -0.2) is 4.98 Å². The van der Waals surface area contributed by atoms with Gasteiger partial charge in [-0.2, -0.15) is 4.39 Å². The van der Waals surface area contributed by atoms with Crippen molar-refractivity contribution in [2.24, 2.45) is 0 Å². The quantitative estimate of drug-likeness (QED) is 0.602. The number of fused-ring (bicyclic) bond motifs is 1. The van der Waals surface area contributed by atoms with Crippen LogP contribution in [0.2, 0.25) is 0 Å². The van der Waals surface area contributed by atoms with E-state index in [4.69, 9.17) is 4.74 Å². The zero-order valence-corrected chi connectivity index (χ0v) is 11.7. The molecule has 2 aliphatic rings. The van der Waals surface area contributed by atoms with Crippen LogP contribution in [0.5, 0.6) is 0 Å². The molecule has 1 aromatic rings. The topological polar surface area (TPSA) is 45.7 Å². The van der Waals surface area contributed by atoms with Crippen molar-refractivity contribution in [1.29, 1.82) is 0 Å². The lowest BCUT2D eigenvalue weighted by Gasteiger charge is -2.35. The first-order valence-corrected chi connectivity index (χ1v) is 6.86. The largest absolute Gasteiger partial charge is 0.377 e. The van der Waals surface area contributed by atoms with Gasteiger partial charge >= 0.3 is 0 Å². The Hall–Kier alpha value is -1.69. The van der Waals surface area contributed by atoms with E-state index in [0.717, 1.165) is 18.5 Å². The Morgan fingerprint density at radius 1 is 1.45 bits per heavy atom. The summed E-state index contributed by atoms with van der Waals surface area (Å²) in [6, 6.07) is 0.160.